The summed E-state index contributed by atoms with van der Waals surface area (Å²) in [4.78, 5) is 17.9. The van der Waals surface area contributed by atoms with Crippen LogP contribution in [0.1, 0.15) is 59.8 Å². The summed E-state index contributed by atoms with van der Waals surface area (Å²) >= 11 is 0. The van der Waals surface area contributed by atoms with E-state index in [2.05, 4.69) is 42.8 Å². The van der Waals surface area contributed by atoms with Gasteiger partial charge < -0.3 is 4.90 Å². The fourth-order valence-electron chi connectivity index (χ4n) is 5.41. The molecular weight excluding hydrogens is 286 g/mol. The van der Waals surface area contributed by atoms with Gasteiger partial charge in [0.25, 0.3) is 0 Å². The van der Waals surface area contributed by atoms with Crippen LogP contribution in [0.25, 0.3) is 0 Å². The smallest absolute Gasteiger partial charge is 0.241 e. The van der Waals surface area contributed by atoms with Gasteiger partial charge in [0.05, 0.1) is 0 Å². The molecule has 0 aromatic heterocycles. The maximum Gasteiger partial charge on any atom is 0.241 e. The van der Waals surface area contributed by atoms with Crippen LogP contribution in [0.4, 0.5) is 0 Å². The first-order valence-corrected chi connectivity index (χ1v) is 9.83. The van der Waals surface area contributed by atoms with Gasteiger partial charge in [-0.25, -0.2) is 0 Å². The number of rotatable bonds is 4. The molecule has 23 heavy (non-hydrogen) atoms. The quantitative estimate of drug-likeness (QED) is 0.808. The van der Waals surface area contributed by atoms with Crippen molar-refractivity contribution in [3.63, 3.8) is 0 Å². The van der Waals surface area contributed by atoms with Gasteiger partial charge in [0.2, 0.25) is 5.91 Å². The van der Waals surface area contributed by atoms with Crippen molar-refractivity contribution in [2.24, 2.45) is 11.8 Å². The largest absolute Gasteiger partial charge is 0.337 e. The highest BCUT2D eigenvalue weighted by atomic mass is 16.2. The fourth-order valence-corrected chi connectivity index (χ4v) is 5.41. The van der Waals surface area contributed by atoms with E-state index in [4.69, 9.17) is 0 Å². The predicted molar refractivity (Wildman–Crippen MR) is 92.2 cm³/mol. The van der Waals surface area contributed by atoms with Gasteiger partial charge in [-0.3, -0.25) is 15.0 Å². The lowest BCUT2D eigenvalue weighted by Crippen LogP contribution is -2.59. The van der Waals surface area contributed by atoms with Crippen molar-refractivity contribution < 1.29 is 4.79 Å². The van der Waals surface area contributed by atoms with Crippen molar-refractivity contribution in [3.8, 4) is 0 Å². The second-order valence-electron chi connectivity index (χ2n) is 8.89. The van der Waals surface area contributed by atoms with E-state index < -0.39 is 0 Å². The third kappa shape index (κ3) is 2.72. The third-order valence-electron chi connectivity index (χ3n) is 6.70. The monoisotopic (exact) mass is 319 g/mol. The Hall–Kier alpha value is -0.610. The van der Waals surface area contributed by atoms with Gasteiger partial charge in [-0.2, -0.15) is 0 Å². The van der Waals surface area contributed by atoms with Crippen LogP contribution in [0.2, 0.25) is 0 Å². The minimum absolute atomic E-state index is 0.150. The number of amides is 1. The van der Waals surface area contributed by atoms with Gasteiger partial charge in [-0.15, -0.1) is 0 Å². The second kappa shape index (κ2) is 5.73. The molecule has 3 saturated heterocycles. The van der Waals surface area contributed by atoms with Crippen molar-refractivity contribution in [2.45, 2.75) is 96.1 Å². The van der Waals surface area contributed by atoms with Crippen LogP contribution < -0.4 is 5.32 Å². The summed E-state index contributed by atoms with van der Waals surface area (Å²) < 4.78 is 0. The average Bonchev–Trinajstić information content (AvgIpc) is 3.39. The first-order valence-electron chi connectivity index (χ1n) is 9.83. The molecule has 0 bridgehead atoms. The summed E-state index contributed by atoms with van der Waals surface area (Å²) in [6.45, 7) is 10.3. The van der Waals surface area contributed by atoms with Gasteiger partial charge in [-0.1, -0.05) is 13.8 Å². The maximum atomic E-state index is 12.9. The number of fused-ring (bicyclic) bond motifs is 1. The Morgan fingerprint density at radius 2 is 1.74 bits per heavy atom. The van der Waals surface area contributed by atoms with E-state index in [0.29, 0.717) is 42.0 Å². The molecule has 4 rings (SSSR count). The first kappa shape index (κ1) is 15.9. The molecule has 4 fully saturated rings. The van der Waals surface area contributed by atoms with E-state index in [1.165, 1.54) is 32.1 Å². The zero-order chi connectivity index (χ0) is 16.3. The molecule has 5 atom stereocenters. The molecule has 0 radical (unpaired) electrons. The summed E-state index contributed by atoms with van der Waals surface area (Å²) in [6, 6.07) is 2.96. The summed E-state index contributed by atoms with van der Waals surface area (Å²) in [5, 5.41) is 3.46. The molecule has 0 spiro atoms. The Morgan fingerprint density at radius 1 is 1.00 bits per heavy atom. The highest BCUT2D eigenvalue weighted by Gasteiger charge is 2.55. The number of carbonyl (C=O) groups excluding carboxylic acids is 1. The Morgan fingerprint density at radius 3 is 2.35 bits per heavy atom. The van der Waals surface area contributed by atoms with Gasteiger partial charge in [-0.05, 0) is 57.8 Å². The molecule has 3 heterocycles. The highest BCUT2D eigenvalue weighted by Crippen LogP contribution is 2.42. The molecule has 0 aromatic carbocycles. The van der Waals surface area contributed by atoms with Gasteiger partial charge >= 0.3 is 0 Å². The molecule has 4 aliphatic rings. The molecule has 1 aliphatic carbocycles. The van der Waals surface area contributed by atoms with E-state index in [9.17, 15) is 4.79 Å². The molecular formula is C19H33N3O. The molecule has 1 saturated carbocycles. The van der Waals surface area contributed by atoms with E-state index in [1.54, 1.807) is 0 Å². The molecule has 1 N–H and O–H groups in total. The van der Waals surface area contributed by atoms with Crippen LogP contribution in [0.3, 0.4) is 0 Å². The lowest BCUT2D eigenvalue weighted by molar-refractivity contribution is -0.133. The molecule has 130 valence electrons. The lowest BCUT2D eigenvalue weighted by Gasteiger charge is -2.49. The van der Waals surface area contributed by atoms with Crippen LogP contribution >= 0.6 is 0 Å². The average molecular weight is 319 g/mol. The van der Waals surface area contributed by atoms with E-state index in [0.717, 1.165) is 12.5 Å². The van der Waals surface area contributed by atoms with Crippen LogP contribution in [0.15, 0.2) is 0 Å². The van der Waals surface area contributed by atoms with E-state index in [1.807, 2.05) is 0 Å². The summed E-state index contributed by atoms with van der Waals surface area (Å²) in [7, 11) is 0. The minimum atomic E-state index is 0.150. The third-order valence-corrected chi connectivity index (χ3v) is 6.70. The number of hydrogen-bond donors (Lipinski definition) is 1. The van der Waals surface area contributed by atoms with Crippen LogP contribution in [0.5, 0.6) is 0 Å². The SMILES string of the molecule is CC(C)C1CCC2C(CCN2C(=O)[C@@H]2N[C@H]2C2CC2)N1C(C)C. The van der Waals surface area contributed by atoms with Gasteiger partial charge in [0.15, 0.2) is 0 Å². The van der Waals surface area contributed by atoms with E-state index >= 15 is 0 Å². The second-order valence-corrected chi connectivity index (χ2v) is 8.89. The van der Waals surface area contributed by atoms with Crippen molar-refractivity contribution in [2.75, 3.05) is 6.54 Å². The predicted octanol–water partition coefficient (Wildman–Crippen LogP) is 2.24. The Balaban J connectivity index is 1.46. The summed E-state index contributed by atoms with van der Waals surface area (Å²) in [5.74, 6) is 1.90. The lowest BCUT2D eigenvalue weighted by atomic mass is 9.85. The number of nitrogens with zero attached hydrogens (tertiary/aromatic N) is 2. The van der Waals surface area contributed by atoms with Crippen LogP contribution in [-0.4, -0.2) is 58.5 Å². The molecule has 0 aromatic rings. The number of carbonyl (C=O) groups is 1. The molecule has 3 unspecified atom stereocenters. The van der Waals surface area contributed by atoms with Gasteiger partial charge in [0.1, 0.15) is 6.04 Å². The van der Waals surface area contributed by atoms with E-state index in [-0.39, 0.29) is 6.04 Å². The zero-order valence-electron chi connectivity index (χ0n) is 15.2. The number of nitrogens with one attached hydrogen (secondary N) is 1. The van der Waals surface area contributed by atoms with Gasteiger partial charge in [0, 0.05) is 36.8 Å². The highest BCUT2D eigenvalue weighted by molar-refractivity contribution is 5.86. The number of piperidine rings is 1. The molecule has 3 aliphatic heterocycles. The van der Waals surface area contributed by atoms with Crippen molar-refractivity contribution in [1.82, 2.24) is 15.1 Å². The van der Waals surface area contributed by atoms with Crippen LogP contribution in [-0.2, 0) is 4.79 Å². The van der Waals surface area contributed by atoms with Crippen LogP contribution in [0, 0.1) is 11.8 Å². The van der Waals surface area contributed by atoms with Crippen molar-refractivity contribution in [3.05, 3.63) is 0 Å². The number of hydrogen-bond acceptors (Lipinski definition) is 3. The maximum absolute atomic E-state index is 12.9. The molecule has 4 nitrogen and oxygen atoms in total. The van der Waals surface area contributed by atoms with Crippen molar-refractivity contribution in [1.29, 1.82) is 0 Å². The molecule has 4 heteroatoms. The number of likely N-dealkylation sites (tertiary alicyclic amines) is 2. The minimum Gasteiger partial charge on any atom is -0.337 e. The normalized spacial score (nSPS) is 40.8. The standard InChI is InChI=1S/C19H33N3O/c1-11(2)14-7-8-15-16(22(14)12(3)4)9-10-21(15)19(23)18-17(20-18)13-5-6-13/h11-18,20H,5-10H2,1-4H3/t14?,15?,16?,17-,18+/m0/s1. The Bertz CT molecular complexity index is 473. The molecule has 1 amide bonds. The topological polar surface area (TPSA) is 45.5 Å². The Labute approximate surface area is 141 Å². The summed E-state index contributed by atoms with van der Waals surface area (Å²) in [5.41, 5.74) is 0. The fraction of sp³-hybridized carbons (Fsp3) is 0.947. The first-order chi connectivity index (χ1) is 11.0. The Kier molecular flexibility index (Phi) is 3.96. The van der Waals surface area contributed by atoms with Crippen molar-refractivity contribution >= 4 is 5.91 Å². The summed E-state index contributed by atoms with van der Waals surface area (Å²) in [6.07, 6.45) is 6.25. The zero-order valence-corrected chi connectivity index (χ0v) is 15.2.